The van der Waals surface area contributed by atoms with Gasteiger partial charge in [-0.2, -0.15) is 0 Å². The highest BCUT2D eigenvalue weighted by atomic mass is 14.5. The molecule has 0 aromatic rings. The average molecular weight is 168 g/mol. The Morgan fingerprint density at radius 1 is 1.00 bits per heavy atom. The molecule has 0 heteroatoms. The first kappa shape index (κ1) is 10.1. The molecule has 0 radical (unpaired) electrons. The Labute approximate surface area is 77.7 Å². The van der Waals surface area contributed by atoms with Crippen molar-refractivity contribution >= 4 is 0 Å². The van der Waals surface area contributed by atoms with Gasteiger partial charge in [-0.05, 0) is 42.9 Å². The summed E-state index contributed by atoms with van der Waals surface area (Å²) in [5, 5.41) is 0. The topological polar surface area (TPSA) is 0 Å². The lowest BCUT2D eigenvalue weighted by Crippen LogP contribution is -2.38. The van der Waals surface area contributed by atoms with E-state index in [0.29, 0.717) is 5.41 Å². The second-order valence-electron chi connectivity index (χ2n) is 5.48. The highest BCUT2D eigenvalue weighted by Gasteiger charge is 2.41. The van der Waals surface area contributed by atoms with Crippen molar-refractivity contribution in [2.75, 3.05) is 0 Å². The Balaban J connectivity index is 0.000000213. The lowest BCUT2D eigenvalue weighted by molar-refractivity contribution is 0.0199. The molecule has 0 unspecified atom stereocenters. The van der Waals surface area contributed by atoms with E-state index < -0.39 is 0 Å². The molecule has 3 aliphatic carbocycles. The molecule has 0 N–H and O–H groups in total. The molecule has 0 nitrogen and oxygen atoms in total. The van der Waals surface area contributed by atoms with Crippen molar-refractivity contribution in [3.8, 4) is 0 Å². The van der Waals surface area contributed by atoms with Crippen molar-refractivity contribution < 1.29 is 0 Å². The molecule has 0 amide bonds. The molecule has 0 aromatic heterocycles. The van der Waals surface area contributed by atoms with E-state index in [9.17, 15) is 0 Å². The third kappa shape index (κ3) is 2.50. The molecule has 0 saturated heterocycles. The lowest BCUT2D eigenvalue weighted by Gasteiger charge is -2.49. The van der Waals surface area contributed by atoms with Gasteiger partial charge in [0.05, 0.1) is 0 Å². The molecule has 0 atom stereocenters. The average Bonchev–Trinajstić information content (AvgIpc) is 1.83. The van der Waals surface area contributed by atoms with Crippen LogP contribution in [0.25, 0.3) is 0 Å². The third-order valence-electron chi connectivity index (χ3n) is 3.02. The maximum atomic E-state index is 2.42. The van der Waals surface area contributed by atoms with Gasteiger partial charge in [-0.25, -0.2) is 0 Å². The first-order valence-corrected chi connectivity index (χ1v) is 5.57. The Kier molecular flexibility index (Phi) is 3.20. The van der Waals surface area contributed by atoms with E-state index in [1.165, 1.54) is 19.3 Å². The largest absolute Gasteiger partial charge is 0.0656 e. The van der Waals surface area contributed by atoms with Gasteiger partial charge in [0.2, 0.25) is 0 Å². The number of hydrogen-bond acceptors (Lipinski definition) is 0. The van der Waals surface area contributed by atoms with Crippen molar-refractivity contribution in [1.82, 2.24) is 0 Å². The van der Waals surface area contributed by atoms with Crippen molar-refractivity contribution in [3.05, 3.63) is 0 Å². The highest BCUT2D eigenvalue weighted by Crippen LogP contribution is 2.53. The third-order valence-corrected chi connectivity index (χ3v) is 3.02. The van der Waals surface area contributed by atoms with Crippen molar-refractivity contribution in [1.29, 1.82) is 0 Å². The summed E-state index contributed by atoms with van der Waals surface area (Å²) in [6.07, 6.45) is 7.37. The molecule has 12 heavy (non-hydrogen) atoms. The molecule has 3 rings (SSSR count). The first-order valence-electron chi connectivity index (χ1n) is 5.57. The zero-order chi connectivity index (χ0) is 9.19. The van der Waals surface area contributed by atoms with Crippen LogP contribution < -0.4 is 0 Å². The van der Waals surface area contributed by atoms with E-state index in [1.807, 2.05) is 0 Å². The van der Waals surface area contributed by atoms with Gasteiger partial charge < -0.3 is 0 Å². The molecule has 0 aromatic carbocycles. The molecule has 3 fully saturated rings. The van der Waals surface area contributed by atoms with E-state index in [2.05, 4.69) is 27.7 Å². The van der Waals surface area contributed by atoms with Gasteiger partial charge in [0.25, 0.3) is 0 Å². The van der Waals surface area contributed by atoms with Crippen molar-refractivity contribution in [2.24, 2.45) is 17.3 Å². The van der Waals surface area contributed by atoms with Gasteiger partial charge in [0, 0.05) is 0 Å². The minimum absolute atomic E-state index is 0.700. The smallest absolute Gasteiger partial charge is 0.0349 e. The quantitative estimate of drug-likeness (QED) is 0.507. The van der Waals surface area contributed by atoms with Gasteiger partial charge in [0.1, 0.15) is 0 Å². The monoisotopic (exact) mass is 168 g/mol. The van der Waals surface area contributed by atoms with E-state index in [4.69, 9.17) is 0 Å². The van der Waals surface area contributed by atoms with Crippen LogP contribution in [0.5, 0.6) is 0 Å². The second-order valence-corrected chi connectivity index (χ2v) is 5.48. The standard InChI is InChI=1S/C9H16.C3H8/c1-9(2)5-7-3-8(4-7)6-9;1-3-2/h7-8H,3-6H2,1-2H3;3H2,1-2H3. The summed E-state index contributed by atoms with van der Waals surface area (Å²) in [5.41, 5.74) is 0.700. The molecule has 3 aliphatic rings. The van der Waals surface area contributed by atoms with Crippen molar-refractivity contribution in [3.63, 3.8) is 0 Å². The van der Waals surface area contributed by atoms with E-state index in [0.717, 1.165) is 11.8 Å². The summed E-state index contributed by atoms with van der Waals surface area (Å²) in [7, 11) is 0. The lowest BCUT2D eigenvalue weighted by atomic mass is 9.56. The number of hydrogen-bond donors (Lipinski definition) is 0. The Hall–Kier alpha value is 0. The Bertz CT molecular complexity index is 117. The second kappa shape index (κ2) is 3.81. The molecule has 0 aliphatic heterocycles. The highest BCUT2D eigenvalue weighted by molar-refractivity contribution is 4.92. The zero-order valence-electron chi connectivity index (χ0n) is 9.19. The van der Waals surface area contributed by atoms with Crippen LogP contribution >= 0.6 is 0 Å². The van der Waals surface area contributed by atoms with Crippen LogP contribution in [0, 0.1) is 17.3 Å². The van der Waals surface area contributed by atoms with Gasteiger partial charge in [-0.1, -0.05) is 34.1 Å². The molecule has 0 heterocycles. The fraction of sp³-hybridized carbons (Fsp3) is 1.00. The van der Waals surface area contributed by atoms with Gasteiger partial charge >= 0.3 is 0 Å². The molecule has 3 saturated carbocycles. The SMILES string of the molecule is CC1(C)CC2CC(C2)C1.CCC. The summed E-state index contributed by atoms with van der Waals surface area (Å²) in [4.78, 5) is 0. The van der Waals surface area contributed by atoms with Crippen LogP contribution in [0.15, 0.2) is 0 Å². The molecular weight excluding hydrogens is 144 g/mol. The predicted octanol–water partition coefficient (Wildman–Crippen LogP) is 4.25. The molecule has 72 valence electrons. The van der Waals surface area contributed by atoms with Crippen molar-refractivity contribution in [2.45, 2.75) is 59.8 Å². The Morgan fingerprint density at radius 3 is 1.50 bits per heavy atom. The van der Waals surface area contributed by atoms with Gasteiger partial charge in [0.15, 0.2) is 0 Å². The minimum Gasteiger partial charge on any atom is -0.0656 e. The van der Waals surface area contributed by atoms with Crippen LogP contribution in [0.4, 0.5) is 0 Å². The van der Waals surface area contributed by atoms with Gasteiger partial charge in [-0.3, -0.25) is 0 Å². The van der Waals surface area contributed by atoms with Gasteiger partial charge in [-0.15, -0.1) is 0 Å². The fourth-order valence-corrected chi connectivity index (χ4v) is 2.85. The normalized spacial score (nSPS) is 36.0. The van der Waals surface area contributed by atoms with E-state index >= 15 is 0 Å². The minimum atomic E-state index is 0.700. The maximum Gasteiger partial charge on any atom is -0.0349 e. The summed E-state index contributed by atoms with van der Waals surface area (Å²) >= 11 is 0. The molecule has 2 bridgehead atoms. The zero-order valence-corrected chi connectivity index (χ0v) is 9.19. The van der Waals surface area contributed by atoms with E-state index in [-0.39, 0.29) is 0 Å². The first-order chi connectivity index (χ1) is 5.57. The Morgan fingerprint density at radius 2 is 1.33 bits per heavy atom. The van der Waals surface area contributed by atoms with Crippen LogP contribution in [-0.2, 0) is 0 Å². The molecular formula is C12H24. The number of rotatable bonds is 0. The molecule has 0 spiro atoms. The summed E-state index contributed by atoms with van der Waals surface area (Å²) in [6.45, 7) is 9.09. The summed E-state index contributed by atoms with van der Waals surface area (Å²) in [6, 6.07) is 0. The van der Waals surface area contributed by atoms with Crippen LogP contribution in [-0.4, -0.2) is 0 Å². The predicted molar refractivity (Wildman–Crippen MR) is 55.2 cm³/mol. The van der Waals surface area contributed by atoms with Crippen LogP contribution in [0.1, 0.15) is 59.8 Å². The van der Waals surface area contributed by atoms with Crippen LogP contribution in [0.3, 0.4) is 0 Å². The van der Waals surface area contributed by atoms with Crippen LogP contribution in [0.2, 0.25) is 0 Å². The van der Waals surface area contributed by atoms with E-state index in [1.54, 1.807) is 12.8 Å². The fourth-order valence-electron chi connectivity index (χ4n) is 2.85. The summed E-state index contributed by atoms with van der Waals surface area (Å²) < 4.78 is 0. The number of fused-ring (bicyclic) bond motifs is 2. The summed E-state index contributed by atoms with van der Waals surface area (Å²) in [5.74, 6) is 2.25. The maximum absolute atomic E-state index is 2.42.